The smallest absolute Gasteiger partial charge is 0.224 e. The fourth-order valence-electron chi connectivity index (χ4n) is 5.29. The van der Waals surface area contributed by atoms with E-state index in [1.807, 2.05) is 35.2 Å². The van der Waals surface area contributed by atoms with Gasteiger partial charge >= 0.3 is 0 Å². The third-order valence-electron chi connectivity index (χ3n) is 6.97. The number of benzene rings is 2. The summed E-state index contributed by atoms with van der Waals surface area (Å²) in [6.07, 6.45) is 5.23. The lowest BCUT2D eigenvalue weighted by Gasteiger charge is -2.40. The first-order chi connectivity index (χ1) is 13.9. The fraction of sp³-hybridized carbons (Fsp3) is 0.480. The Labute approximate surface area is 174 Å². The van der Waals surface area contributed by atoms with Gasteiger partial charge in [-0.05, 0) is 80.3 Å². The van der Waals surface area contributed by atoms with Gasteiger partial charge in [-0.15, -0.1) is 0 Å². The molecule has 4 heteroatoms. The number of carbonyl (C=O) groups is 1. The number of piperidine rings is 1. The van der Waals surface area contributed by atoms with Crippen molar-refractivity contribution in [2.45, 2.75) is 58.5 Å². The van der Waals surface area contributed by atoms with Crippen LogP contribution in [0.3, 0.4) is 0 Å². The summed E-state index contributed by atoms with van der Waals surface area (Å²) in [6.45, 7) is 7.34. The topological polar surface area (TPSA) is 49.6 Å². The molecular formula is C25H33N3O. The average Bonchev–Trinajstić information content (AvgIpc) is 3.33. The zero-order valence-corrected chi connectivity index (χ0v) is 17.8. The van der Waals surface area contributed by atoms with Gasteiger partial charge in [0, 0.05) is 42.6 Å². The Morgan fingerprint density at radius 1 is 1.07 bits per heavy atom. The van der Waals surface area contributed by atoms with Crippen LogP contribution in [0, 0.1) is 11.8 Å². The molecule has 2 N–H and O–H groups in total. The highest BCUT2D eigenvalue weighted by atomic mass is 16.2. The summed E-state index contributed by atoms with van der Waals surface area (Å²) in [5.74, 6) is 1.59. The summed E-state index contributed by atoms with van der Waals surface area (Å²) < 4.78 is 0. The maximum atomic E-state index is 12.1. The number of hydrogen-bond donors (Lipinski definition) is 1. The molecule has 5 rings (SSSR count). The molecule has 2 aliphatic heterocycles. The van der Waals surface area contributed by atoms with Gasteiger partial charge in [0.25, 0.3) is 0 Å². The van der Waals surface area contributed by atoms with Crippen molar-refractivity contribution in [1.82, 2.24) is 0 Å². The van der Waals surface area contributed by atoms with Gasteiger partial charge in [-0.3, -0.25) is 4.79 Å². The van der Waals surface area contributed by atoms with Crippen molar-refractivity contribution in [3.63, 3.8) is 0 Å². The molecule has 3 aliphatic rings. The summed E-state index contributed by atoms with van der Waals surface area (Å²) in [6, 6.07) is 17.3. The molecule has 4 atom stereocenters. The van der Waals surface area contributed by atoms with Crippen molar-refractivity contribution in [2.75, 3.05) is 22.1 Å². The highest BCUT2D eigenvalue weighted by molar-refractivity contribution is 5.94. The van der Waals surface area contributed by atoms with Gasteiger partial charge in [0.1, 0.15) is 0 Å². The lowest BCUT2D eigenvalue weighted by molar-refractivity contribution is -0.117. The third kappa shape index (κ3) is 3.98. The number of fused-ring (bicyclic) bond motifs is 3. The number of amides is 1. The predicted octanol–water partition coefficient (Wildman–Crippen LogP) is 4.88. The van der Waals surface area contributed by atoms with Crippen LogP contribution in [0.5, 0.6) is 0 Å². The van der Waals surface area contributed by atoms with E-state index < -0.39 is 0 Å². The standard InChI is InChI=1S/C19H26N2O.C6H7N/c1-12-8-16-10-18(20-11-15-4-5-17(20)9-15)6-7-19(16)21(13(12)2)14(3)22;7-6-4-2-1-3-5-6/h6-7,10,12-13,15,17H,4-5,8-9,11H2,1-3H3;1-5H,7H2/t12-,13+,15?,17?;/m1./s1. The number of carbonyl (C=O) groups excluding carboxylic acids is 1. The van der Waals surface area contributed by atoms with E-state index in [0.29, 0.717) is 12.0 Å². The lowest BCUT2D eigenvalue weighted by Crippen LogP contribution is -2.45. The van der Waals surface area contributed by atoms with Gasteiger partial charge < -0.3 is 15.5 Å². The molecule has 0 spiro atoms. The van der Waals surface area contributed by atoms with E-state index in [1.165, 1.54) is 37.1 Å². The molecule has 1 saturated heterocycles. The Bertz CT molecular complexity index is 866. The van der Waals surface area contributed by atoms with Gasteiger partial charge in [-0.25, -0.2) is 0 Å². The van der Waals surface area contributed by atoms with Gasteiger partial charge in [-0.1, -0.05) is 25.1 Å². The molecule has 0 radical (unpaired) electrons. The van der Waals surface area contributed by atoms with E-state index in [2.05, 4.69) is 36.9 Å². The third-order valence-corrected chi connectivity index (χ3v) is 6.97. The second-order valence-electron chi connectivity index (χ2n) is 9.02. The number of nitrogens with zero attached hydrogens (tertiary/aromatic N) is 2. The van der Waals surface area contributed by atoms with E-state index in [4.69, 9.17) is 5.73 Å². The fourth-order valence-corrected chi connectivity index (χ4v) is 5.29. The molecule has 1 aliphatic carbocycles. The van der Waals surface area contributed by atoms with Crippen molar-refractivity contribution in [3.05, 3.63) is 54.1 Å². The number of nitrogen functional groups attached to an aromatic ring is 1. The van der Waals surface area contributed by atoms with Crippen molar-refractivity contribution in [3.8, 4) is 0 Å². The zero-order valence-electron chi connectivity index (χ0n) is 17.8. The van der Waals surface area contributed by atoms with E-state index in [0.717, 1.165) is 29.8 Å². The van der Waals surface area contributed by atoms with Crippen molar-refractivity contribution in [1.29, 1.82) is 0 Å². The molecule has 2 bridgehead atoms. The van der Waals surface area contributed by atoms with Crippen molar-refractivity contribution < 1.29 is 4.79 Å². The lowest BCUT2D eigenvalue weighted by atomic mass is 9.87. The van der Waals surface area contributed by atoms with Crippen LogP contribution >= 0.6 is 0 Å². The second-order valence-corrected chi connectivity index (χ2v) is 9.02. The molecule has 2 aromatic rings. The van der Waals surface area contributed by atoms with Gasteiger partial charge in [-0.2, -0.15) is 0 Å². The quantitative estimate of drug-likeness (QED) is 0.705. The van der Waals surface area contributed by atoms with Crippen LogP contribution in [0.2, 0.25) is 0 Å². The average molecular weight is 392 g/mol. The Balaban J connectivity index is 0.000000249. The minimum Gasteiger partial charge on any atom is -0.399 e. The molecule has 2 fully saturated rings. The van der Waals surface area contributed by atoms with Crippen LogP contribution in [0.25, 0.3) is 0 Å². The highest BCUT2D eigenvalue weighted by Gasteiger charge is 2.38. The maximum absolute atomic E-state index is 12.1. The van der Waals surface area contributed by atoms with Crippen LogP contribution in [0.4, 0.5) is 17.1 Å². The maximum Gasteiger partial charge on any atom is 0.224 e. The molecule has 29 heavy (non-hydrogen) atoms. The number of nitrogens with two attached hydrogens (primary N) is 1. The van der Waals surface area contributed by atoms with Gasteiger partial charge in [0.2, 0.25) is 5.91 Å². The normalized spacial score (nSPS) is 27.3. The van der Waals surface area contributed by atoms with Crippen LogP contribution in [-0.2, 0) is 11.2 Å². The summed E-state index contributed by atoms with van der Waals surface area (Å²) in [7, 11) is 0. The summed E-state index contributed by atoms with van der Waals surface area (Å²) in [5, 5.41) is 0. The molecule has 1 saturated carbocycles. The van der Waals surface area contributed by atoms with E-state index in [-0.39, 0.29) is 5.91 Å². The summed E-state index contributed by atoms with van der Waals surface area (Å²) in [5.41, 5.74) is 10.0. The summed E-state index contributed by atoms with van der Waals surface area (Å²) >= 11 is 0. The van der Waals surface area contributed by atoms with Crippen LogP contribution in [-0.4, -0.2) is 24.5 Å². The monoisotopic (exact) mass is 391 g/mol. The van der Waals surface area contributed by atoms with E-state index in [1.54, 1.807) is 6.92 Å². The molecule has 2 heterocycles. The summed E-state index contributed by atoms with van der Waals surface area (Å²) in [4.78, 5) is 16.7. The Morgan fingerprint density at radius 3 is 2.38 bits per heavy atom. The van der Waals surface area contributed by atoms with Crippen LogP contribution in [0.1, 0.15) is 45.6 Å². The molecule has 154 valence electrons. The van der Waals surface area contributed by atoms with Crippen LogP contribution in [0.15, 0.2) is 48.5 Å². The van der Waals surface area contributed by atoms with Gasteiger partial charge in [0.15, 0.2) is 0 Å². The zero-order chi connectivity index (χ0) is 20.5. The number of anilines is 3. The minimum absolute atomic E-state index is 0.160. The molecular weight excluding hydrogens is 358 g/mol. The molecule has 0 aromatic heterocycles. The Morgan fingerprint density at radius 2 is 1.83 bits per heavy atom. The highest BCUT2D eigenvalue weighted by Crippen LogP contribution is 2.42. The minimum atomic E-state index is 0.160. The number of hydrogen-bond acceptors (Lipinski definition) is 3. The Hall–Kier alpha value is -2.49. The predicted molar refractivity (Wildman–Crippen MR) is 121 cm³/mol. The van der Waals surface area contributed by atoms with Crippen molar-refractivity contribution >= 4 is 23.0 Å². The van der Waals surface area contributed by atoms with Crippen LogP contribution < -0.4 is 15.5 Å². The Kier molecular flexibility index (Phi) is 5.53. The number of rotatable bonds is 1. The first kappa shape index (κ1) is 19.8. The SMILES string of the molecule is CC(=O)N1c2ccc(N3CC4CCC3C4)cc2C[C@@H](C)[C@@H]1C.Nc1ccccc1. The number of para-hydroxylation sites is 1. The second kappa shape index (κ2) is 8.10. The molecule has 2 unspecified atom stereocenters. The van der Waals surface area contributed by atoms with Crippen molar-refractivity contribution in [2.24, 2.45) is 11.8 Å². The van der Waals surface area contributed by atoms with Gasteiger partial charge in [0.05, 0.1) is 0 Å². The largest absolute Gasteiger partial charge is 0.399 e. The molecule has 1 amide bonds. The first-order valence-electron chi connectivity index (χ1n) is 10.9. The van der Waals surface area contributed by atoms with E-state index >= 15 is 0 Å². The first-order valence-corrected chi connectivity index (χ1v) is 10.9. The van der Waals surface area contributed by atoms with E-state index in [9.17, 15) is 4.79 Å². The molecule has 4 nitrogen and oxygen atoms in total. The molecule has 2 aromatic carbocycles.